The normalized spacial score (nSPS) is 14.5. The third-order valence-corrected chi connectivity index (χ3v) is 7.96. The van der Waals surface area contributed by atoms with Gasteiger partial charge in [0.25, 0.3) is 0 Å². The summed E-state index contributed by atoms with van der Waals surface area (Å²) in [6.07, 6.45) is 6.82. The molecular weight excluding hydrogens is 468 g/mol. The van der Waals surface area contributed by atoms with Gasteiger partial charge in [-0.3, -0.25) is 4.79 Å². The summed E-state index contributed by atoms with van der Waals surface area (Å²) in [4.78, 5) is 24.9. The summed E-state index contributed by atoms with van der Waals surface area (Å²) in [6.45, 7) is 1.45. The van der Waals surface area contributed by atoms with Crippen LogP contribution in [-0.4, -0.2) is 20.7 Å². The van der Waals surface area contributed by atoms with Crippen LogP contribution in [0, 0.1) is 0 Å². The number of amides is 1. The van der Waals surface area contributed by atoms with E-state index in [1.807, 2.05) is 12.1 Å². The van der Waals surface area contributed by atoms with Gasteiger partial charge < -0.3 is 14.3 Å². The number of nitrogens with zero attached hydrogens (tertiary/aromatic N) is 3. The lowest BCUT2D eigenvalue weighted by Crippen LogP contribution is -2.16. The number of aromatic nitrogens is 3. The Kier molecular flexibility index (Phi) is 6.82. The Labute approximate surface area is 205 Å². The molecule has 3 aromatic heterocycles. The summed E-state index contributed by atoms with van der Waals surface area (Å²) in [5.74, 6) is 1.41. The second-order valence-corrected chi connectivity index (χ2v) is 10.6. The minimum atomic E-state index is -0.407. The SMILES string of the molecule is CC(=O)Nc1ccc2c(CSc3nnc(Cc4cccs4)n3C3CCCCC3)cc(=O)oc2c1. The number of thiophene rings is 1. The highest BCUT2D eigenvalue weighted by molar-refractivity contribution is 7.98. The van der Waals surface area contributed by atoms with Crippen LogP contribution in [-0.2, 0) is 17.0 Å². The number of carbonyl (C=O) groups excluding carboxylic acids is 1. The Morgan fingerprint density at radius 1 is 1.21 bits per heavy atom. The van der Waals surface area contributed by atoms with Crippen LogP contribution >= 0.6 is 23.1 Å². The van der Waals surface area contributed by atoms with Crippen molar-refractivity contribution in [2.24, 2.45) is 0 Å². The van der Waals surface area contributed by atoms with Gasteiger partial charge in [-0.25, -0.2) is 4.79 Å². The van der Waals surface area contributed by atoms with Crippen molar-refractivity contribution >= 4 is 45.7 Å². The highest BCUT2D eigenvalue weighted by atomic mass is 32.2. The molecule has 1 fully saturated rings. The first kappa shape index (κ1) is 22.9. The molecule has 3 heterocycles. The molecule has 34 heavy (non-hydrogen) atoms. The zero-order chi connectivity index (χ0) is 23.5. The van der Waals surface area contributed by atoms with E-state index >= 15 is 0 Å². The number of benzene rings is 1. The van der Waals surface area contributed by atoms with E-state index < -0.39 is 5.63 Å². The molecule has 0 bridgehead atoms. The Hall–Kier alpha value is -2.91. The van der Waals surface area contributed by atoms with E-state index in [4.69, 9.17) is 4.42 Å². The Morgan fingerprint density at radius 3 is 2.82 bits per heavy atom. The quantitative estimate of drug-likeness (QED) is 0.258. The summed E-state index contributed by atoms with van der Waals surface area (Å²) in [5.41, 5.74) is 1.53. The lowest BCUT2D eigenvalue weighted by molar-refractivity contribution is -0.114. The van der Waals surface area contributed by atoms with E-state index in [9.17, 15) is 9.59 Å². The number of fused-ring (bicyclic) bond motifs is 1. The fourth-order valence-corrected chi connectivity index (χ4v) is 6.29. The van der Waals surface area contributed by atoms with Gasteiger partial charge in [0.1, 0.15) is 11.4 Å². The minimum absolute atomic E-state index is 0.172. The lowest BCUT2D eigenvalue weighted by Gasteiger charge is -2.25. The standard InChI is InChI=1S/C25H26N4O3S2/c1-16(30)26-18-9-10-21-17(12-24(31)32-22(21)13-18)15-34-25-28-27-23(14-20-8-5-11-33-20)29(25)19-6-3-2-4-7-19/h5,8-13,19H,2-4,6-7,14-15H2,1H3,(H,26,30). The van der Waals surface area contributed by atoms with Gasteiger partial charge >= 0.3 is 5.63 Å². The number of thioether (sulfide) groups is 1. The van der Waals surface area contributed by atoms with Gasteiger partial charge in [0.15, 0.2) is 5.16 Å². The number of hydrogen-bond acceptors (Lipinski definition) is 7. The second kappa shape index (κ2) is 10.1. The maximum absolute atomic E-state index is 12.2. The Morgan fingerprint density at radius 2 is 2.06 bits per heavy atom. The van der Waals surface area contributed by atoms with Crippen molar-refractivity contribution in [1.82, 2.24) is 14.8 Å². The fraction of sp³-hybridized carbons (Fsp3) is 0.360. The zero-order valence-corrected chi connectivity index (χ0v) is 20.6. The predicted octanol–water partition coefficient (Wildman–Crippen LogP) is 5.79. The lowest BCUT2D eigenvalue weighted by atomic mass is 9.95. The molecule has 0 saturated heterocycles. The largest absolute Gasteiger partial charge is 0.423 e. The van der Waals surface area contributed by atoms with Crippen molar-refractivity contribution in [2.45, 2.75) is 62.4 Å². The van der Waals surface area contributed by atoms with Crippen LogP contribution in [0.25, 0.3) is 11.0 Å². The first-order valence-corrected chi connectivity index (χ1v) is 13.4. The molecule has 9 heteroatoms. The molecule has 4 aromatic rings. The fourth-order valence-electron chi connectivity index (χ4n) is 4.57. The molecule has 0 unspecified atom stereocenters. The molecular formula is C25H26N4O3S2. The summed E-state index contributed by atoms with van der Waals surface area (Å²) < 4.78 is 7.75. The van der Waals surface area contributed by atoms with E-state index in [1.165, 1.54) is 31.1 Å². The molecule has 0 atom stereocenters. The monoisotopic (exact) mass is 494 g/mol. The topological polar surface area (TPSA) is 90.0 Å². The molecule has 1 aliphatic carbocycles. The Bertz CT molecular complexity index is 1350. The molecule has 176 valence electrons. The smallest absolute Gasteiger partial charge is 0.336 e. The number of nitrogens with one attached hydrogen (secondary N) is 1. The summed E-state index contributed by atoms with van der Waals surface area (Å²) >= 11 is 3.35. The Balaban J connectivity index is 1.44. The highest BCUT2D eigenvalue weighted by Crippen LogP contribution is 2.35. The molecule has 1 aromatic carbocycles. The minimum Gasteiger partial charge on any atom is -0.423 e. The van der Waals surface area contributed by atoms with Crippen LogP contribution in [0.1, 0.15) is 61.3 Å². The molecule has 1 N–H and O–H groups in total. The first-order valence-electron chi connectivity index (χ1n) is 11.5. The molecule has 1 saturated carbocycles. The van der Waals surface area contributed by atoms with E-state index in [-0.39, 0.29) is 5.91 Å². The van der Waals surface area contributed by atoms with E-state index in [1.54, 1.807) is 35.2 Å². The van der Waals surface area contributed by atoms with Gasteiger partial charge in [-0.1, -0.05) is 37.1 Å². The van der Waals surface area contributed by atoms with E-state index in [0.717, 1.165) is 41.2 Å². The van der Waals surface area contributed by atoms with Crippen molar-refractivity contribution in [2.75, 3.05) is 5.32 Å². The molecule has 5 rings (SSSR count). The third-order valence-electron chi connectivity index (χ3n) is 6.09. The van der Waals surface area contributed by atoms with Crippen molar-refractivity contribution < 1.29 is 9.21 Å². The van der Waals surface area contributed by atoms with Crippen LogP contribution in [0.5, 0.6) is 0 Å². The van der Waals surface area contributed by atoms with Gasteiger partial charge in [-0.2, -0.15) is 0 Å². The van der Waals surface area contributed by atoms with Crippen molar-refractivity contribution in [3.8, 4) is 0 Å². The van der Waals surface area contributed by atoms with Gasteiger partial charge in [-0.05, 0) is 42.0 Å². The number of hydrogen-bond donors (Lipinski definition) is 1. The first-order chi connectivity index (χ1) is 16.6. The van der Waals surface area contributed by atoms with Gasteiger partial charge in [0.05, 0.1) is 0 Å². The number of rotatable bonds is 7. The van der Waals surface area contributed by atoms with Crippen LogP contribution in [0.15, 0.2) is 56.1 Å². The maximum Gasteiger partial charge on any atom is 0.336 e. The number of anilines is 1. The van der Waals surface area contributed by atoms with Crippen LogP contribution < -0.4 is 10.9 Å². The van der Waals surface area contributed by atoms with Gasteiger partial charge in [0.2, 0.25) is 5.91 Å². The summed E-state index contributed by atoms with van der Waals surface area (Å²) in [7, 11) is 0. The predicted molar refractivity (Wildman–Crippen MR) is 136 cm³/mol. The molecule has 0 radical (unpaired) electrons. The average Bonchev–Trinajstić information content (AvgIpc) is 3.47. The third kappa shape index (κ3) is 5.10. The molecule has 7 nitrogen and oxygen atoms in total. The van der Waals surface area contributed by atoms with Crippen LogP contribution in [0.2, 0.25) is 0 Å². The molecule has 0 aliphatic heterocycles. The van der Waals surface area contributed by atoms with Crippen LogP contribution in [0.3, 0.4) is 0 Å². The van der Waals surface area contributed by atoms with Gasteiger partial charge in [0, 0.05) is 53.2 Å². The zero-order valence-electron chi connectivity index (χ0n) is 19.0. The van der Waals surface area contributed by atoms with E-state index in [2.05, 4.69) is 37.6 Å². The highest BCUT2D eigenvalue weighted by Gasteiger charge is 2.23. The second-order valence-electron chi connectivity index (χ2n) is 8.59. The van der Waals surface area contributed by atoms with Crippen LogP contribution in [0.4, 0.5) is 5.69 Å². The van der Waals surface area contributed by atoms with Crippen molar-refractivity contribution in [3.05, 3.63) is 68.5 Å². The molecule has 1 aliphatic rings. The van der Waals surface area contributed by atoms with Gasteiger partial charge in [-0.15, -0.1) is 21.5 Å². The average molecular weight is 495 g/mol. The van der Waals surface area contributed by atoms with Crippen molar-refractivity contribution in [1.29, 1.82) is 0 Å². The summed E-state index contributed by atoms with van der Waals surface area (Å²) in [5, 5.41) is 15.7. The maximum atomic E-state index is 12.2. The summed E-state index contributed by atoms with van der Waals surface area (Å²) in [6, 6.07) is 11.6. The number of carbonyl (C=O) groups is 1. The molecule has 1 amide bonds. The molecule has 0 spiro atoms. The van der Waals surface area contributed by atoms with E-state index in [0.29, 0.717) is 23.1 Å². The van der Waals surface area contributed by atoms with Crippen molar-refractivity contribution in [3.63, 3.8) is 0 Å².